The number of rotatable bonds is 6. The zero-order valence-corrected chi connectivity index (χ0v) is 19.2. The van der Waals surface area contributed by atoms with Crippen LogP contribution in [0.4, 0.5) is 17.1 Å². The van der Waals surface area contributed by atoms with Crippen LogP contribution in [0.25, 0.3) is 10.8 Å². The van der Waals surface area contributed by atoms with Crippen LogP contribution in [0, 0.1) is 17.0 Å². The third kappa shape index (κ3) is 4.97. The third-order valence-corrected chi connectivity index (χ3v) is 6.08. The number of nitrogens with zero attached hydrogens (tertiary/aromatic N) is 5. The van der Waals surface area contributed by atoms with Gasteiger partial charge >= 0.3 is 0 Å². The normalized spacial score (nSPS) is 14.3. The topological polar surface area (TPSA) is 118 Å². The van der Waals surface area contributed by atoms with Crippen molar-refractivity contribution in [1.82, 2.24) is 15.0 Å². The minimum Gasteiger partial charge on any atom is -0.363 e. The van der Waals surface area contributed by atoms with Crippen molar-refractivity contribution >= 4 is 33.7 Å². The largest absolute Gasteiger partial charge is 0.363 e. The Morgan fingerprint density at radius 2 is 1.83 bits per heavy atom. The van der Waals surface area contributed by atoms with Gasteiger partial charge in [0.15, 0.2) is 5.82 Å². The fraction of sp³-hybridized carbons (Fsp3) is 0.240. The first kappa shape index (κ1) is 22.5. The molecule has 0 unspecified atom stereocenters. The second kappa shape index (κ2) is 9.51. The Kier molecular flexibility index (Phi) is 6.11. The summed E-state index contributed by atoms with van der Waals surface area (Å²) in [5, 5.41) is 20.6. The van der Waals surface area contributed by atoms with E-state index in [1.165, 1.54) is 6.07 Å². The predicted octanol–water partition coefficient (Wildman–Crippen LogP) is 4.01. The number of nitro groups is 1. The van der Waals surface area contributed by atoms with Crippen molar-refractivity contribution in [2.45, 2.75) is 13.5 Å². The zero-order chi connectivity index (χ0) is 24.4. The molecule has 0 radical (unpaired) electrons. The van der Waals surface area contributed by atoms with Crippen molar-refractivity contribution < 1.29 is 14.2 Å². The molecule has 10 nitrogen and oxygen atoms in total. The Balaban J connectivity index is 1.28. The maximum atomic E-state index is 12.9. The highest BCUT2D eigenvalue weighted by Crippen LogP contribution is 2.31. The third-order valence-electron chi connectivity index (χ3n) is 6.08. The molecule has 10 heteroatoms. The van der Waals surface area contributed by atoms with Gasteiger partial charge in [-0.1, -0.05) is 35.5 Å². The predicted molar refractivity (Wildman–Crippen MR) is 132 cm³/mol. The Morgan fingerprint density at radius 3 is 2.54 bits per heavy atom. The van der Waals surface area contributed by atoms with Crippen LogP contribution in [0.3, 0.4) is 0 Å². The molecule has 0 atom stereocenters. The standard InChI is InChI=1S/C25H24N6O4/c1-17-26-24(35-28-17)16-29-10-12-30(13-11-29)22-9-7-20(15-23(22)31(33)34)25(32)27-21-8-6-18-4-2-3-5-19(18)14-21/h2-9,14-15H,10-13,16H2,1H3,(H,27,32). The molecule has 2 heterocycles. The molecule has 178 valence electrons. The Hall–Kier alpha value is -4.31. The number of amides is 1. The number of fused-ring (bicyclic) bond motifs is 1. The number of aryl methyl sites for hydroxylation is 1. The van der Waals surface area contributed by atoms with Gasteiger partial charge in [0.1, 0.15) is 5.69 Å². The van der Waals surface area contributed by atoms with Crippen LogP contribution in [0.1, 0.15) is 22.1 Å². The summed E-state index contributed by atoms with van der Waals surface area (Å²) in [5.74, 6) is 0.761. The lowest BCUT2D eigenvalue weighted by Crippen LogP contribution is -2.46. The summed E-state index contributed by atoms with van der Waals surface area (Å²) in [6, 6.07) is 18.1. The maximum absolute atomic E-state index is 12.9. The zero-order valence-electron chi connectivity index (χ0n) is 19.2. The Bertz CT molecular complexity index is 1390. The molecule has 1 aromatic heterocycles. The van der Waals surface area contributed by atoms with E-state index in [4.69, 9.17) is 4.52 Å². The molecule has 3 aromatic carbocycles. The lowest BCUT2D eigenvalue weighted by molar-refractivity contribution is -0.384. The minimum absolute atomic E-state index is 0.0860. The van der Waals surface area contributed by atoms with Crippen LogP contribution in [0.2, 0.25) is 0 Å². The first-order chi connectivity index (χ1) is 17.0. The highest BCUT2D eigenvalue weighted by Gasteiger charge is 2.26. The number of nitrogens with one attached hydrogen (secondary N) is 1. The molecule has 0 aliphatic carbocycles. The quantitative estimate of drug-likeness (QED) is 0.330. The molecule has 1 N–H and O–H groups in total. The number of carbonyl (C=O) groups excluding carboxylic acids is 1. The van der Waals surface area contributed by atoms with Crippen molar-refractivity contribution in [3.8, 4) is 0 Å². The van der Waals surface area contributed by atoms with Gasteiger partial charge in [-0.15, -0.1) is 0 Å². The van der Waals surface area contributed by atoms with Crippen LogP contribution >= 0.6 is 0 Å². The Morgan fingerprint density at radius 1 is 1.06 bits per heavy atom. The van der Waals surface area contributed by atoms with E-state index in [2.05, 4.69) is 20.4 Å². The summed E-state index contributed by atoms with van der Waals surface area (Å²) < 4.78 is 5.18. The molecule has 35 heavy (non-hydrogen) atoms. The number of piperazine rings is 1. The molecular formula is C25H24N6O4. The summed E-state index contributed by atoms with van der Waals surface area (Å²) >= 11 is 0. The highest BCUT2D eigenvalue weighted by molar-refractivity contribution is 6.06. The van der Waals surface area contributed by atoms with Gasteiger partial charge < -0.3 is 14.7 Å². The molecule has 1 saturated heterocycles. The van der Waals surface area contributed by atoms with Crippen molar-refractivity contribution in [3.05, 3.63) is 88.1 Å². The average molecular weight is 473 g/mol. The first-order valence-electron chi connectivity index (χ1n) is 11.3. The fourth-order valence-corrected chi connectivity index (χ4v) is 4.29. The Labute approximate surface area is 201 Å². The average Bonchev–Trinajstić information content (AvgIpc) is 3.28. The number of nitro benzene ring substituents is 1. The summed E-state index contributed by atoms with van der Waals surface area (Å²) in [6.07, 6.45) is 0. The smallest absolute Gasteiger partial charge is 0.293 e. The van der Waals surface area contributed by atoms with E-state index in [1.54, 1.807) is 19.1 Å². The van der Waals surface area contributed by atoms with Gasteiger partial charge in [0.2, 0.25) is 5.89 Å². The number of aromatic nitrogens is 2. The van der Waals surface area contributed by atoms with E-state index in [0.717, 1.165) is 10.8 Å². The van der Waals surface area contributed by atoms with Gasteiger partial charge in [0, 0.05) is 43.5 Å². The van der Waals surface area contributed by atoms with Gasteiger partial charge in [-0.25, -0.2) is 0 Å². The number of hydrogen-bond acceptors (Lipinski definition) is 8. The number of carbonyl (C=O) groups is 1. The molecule has 1 aliphatic rings. The van der Waals surface area contributed by atoms with Gasteiger partial charge in [-0.3, -0.25) is 19.8 Å². The van der Waals surface area contributed by atoms with Crippen LogP contribution in [-0.2, 0) is 6.54 Å². The van der Waals surface area contributed by atoms with E-state index >= 15 is 0 Å². The first-order valence-corrected chi connectivity index (χ1v) is 11.3. The monoisotopic (exact) mass is 472 g/mol. The summed E-state index contributed by atoms with van der Waals surface area (Å²) in [4.78, 5) is 32.7. The molecule has 4 aromatic rings. The number of anilines is 2. The number of benzene rings is 3. The number of hydrogen-bond donors (Lipinski definition) is 1. The molecule has 1 fully saturated rings. The van der Waals surface area contributed by atoms with Crippen LogP contribution in [-0.4, -0.2) is 52.1 Å². The molecule has 5 rings (SSSR count). The van der Waals surface area contributed by atoms with E-state index in [1.807, 2.05) is 47.4 Å². The molecular weight excluding hydrogens is 448 g/mol. The van der Waals surface area contributed by atoms with Crippen molar-refractivity contribution in [3.63, 3.8) is 0 Å². The van der Waals surface area contributed by atoms with Crippen molar-refractivity contribution in [2.75, 3.05) is 36.4 Å². The van der Waals surface area contributed by atoms with Crippen LogP contribution in [0.15, 0.2) is 65.2 Å². The summed E-state index contributed by atoms with van der Waals surface area (Å²) in [7, 11) is 0. The lowest BCUT2D eigenvalue weighted by atomic mass is 10.1. The molecule has 1 aliphatic heterocycles. The highest BCUT2D eigenvalue weighted by atomic mass is 16.6. The molecule has 0 saturated carbocycles. The molecule has 1 amide bonds. The fourth-order valence-electron chi connectivity index (χ4n) is 4.29. The van der Waals surface area contributed by atoms with Gasteiger partial charge in [0.05, 0.1) is 11.5 Å². The molecule has 0 spiro atoms. The van der Waals surface area contributed by atoms with Crippen LogP contribution < -0.4 is 10.2 Å². The van der Waals surface area contributed by atoms with Crippen molar-refractivity contribution in [1.29, 1.82) is 0 Å². The van der Waals surface area contributed by atoms with Gasteiger partial charge in [0.25, 0.3) is 11.6 Å². The van der Waals surface area contributed by atoms with Gasteiger partial charge in [-0.05, 0) is 42.0 Å². The maximum Gasteiger partial charge on any atom is 0.293 e. The van der Waals surface area contributed by atoms with Crippen molar-refractivity contribution in [2.24, 2.45) is 0 Å². The van der Waals surface area contributed by atoms with E-state index in [-0.39, 0.29) is 11.3 Å². The second-order valence-corrected chi connectivity index (χ2v) is 8.48. The van der Waals surface area contributed by atoms with Gasteiger partial charge in [-0.2, -0.15) is 4.98 Å². The van der Waals surface area contributed by atoms with E-state index in [0.29, 0.717) is 55.8 Å². The lowest BCUT2D eigenvalue weighted by Gasteiger charge is -2.35. The van der Waals surface area contributed by atoms with E-state index in [9.17, 15) is 14.9 Å². The summed E-state index contributed by atoms with van der Waals surface area (Å²) in [5.41, 5.74) is 1.29. The SMILES string of the molecule is Cc1noc(CN2CCN(c3ccc(C(=O)Nc4ccc5ccccc5c4)cc3[N+](=O)[O-])CC2)n1. The minimum atomic E-state index is -0.435. The second-order valence-electron chi connectivity index (χ2n) is 8.48. The van der Waals surface area contributed by atoms with Crippen LogP contribution in [0.5, 0.6) is 0 Å². The molecule has 0 bridgehead atoms. The van der Waals surface area contributed by atoms with E-state index < -0.39 is 10.8 Å². The summed E-state index contributed by atoms with van der Waals surface area (Å²) in [6.45, 7) is 4.93.